The normalized spacial score (nSPS) is 14.4. The van der Waals surface area contributed by atoms with Crippen LogP contribution in [0.3, 0.4) is 0 Å². The minimum absolute atomic E-state index is 0.0422. The Labute approximate surface area is 102 Å². The van der Waals surface area contributed by atoms with Gasteiger partial charge in [-0.05, 0) is 20.3 Å². The second kappa shape index (κ2) is 6.34. The highest BCUT2D eigenvalue weighted by Crippen LogP contribution is 2.05. The molecular weight excluding hydrogens is 218 g/mol. The van der Waals surface area contributed by atoms with E-state index in [1.54, 1.807) is 6.92 Å². The summed E-state index contributed by atoms with van der Waals surface area (Å²) in [7, 11) is 0. The highest BCUT2D eigenvalue weighted by atomic mass is 16.2. The number of hydrogen-bond donors (Lipinski definition) is 2. The van der Waals surface area contributed by atoms with Gasteiger partial charge in [-0.1, -0.05) is 13.3 Å². The summed E-state index contributed by atoms with van der Waals surface area (Å²) in [5, 5.41) is 7.07. The van der Waals surface area contributed by atoms with Crippen LogP contribution in [0.15, 0.2) is 6.33 Å². The van der Waals surface area contributed by atoms with Gasteiger partial charge in [-0.3, -0.25) is 4.79 Å². The Morgan fingerprint density at radius 2 is 2.29 bits per heavy atom. The third-order valence-corrected chi connectivity index (χ3v) is 2.63. The number of amides is 1. The van der Waals surface area contributed by atoms with Gasteiger partial charge < -0.3 is 11.1 Å². The molecule has 0 fully saturated rings. The lowest BCUT2D eigenvalue weighted by atomic mass is 10.2. The maximum absolute atomic E-state index is 11.9. The molecule has 0 bridgehead atoms. The maximum Gasteiger partial charge on any atom is 0.244 e. The van der Waals surface area contributed by atoms with Crippen LogP contribution in [0.25, 0.3) is 0 Å². The second-order valence-corrected chi connectivity index (χ2v) is 4.22. The van der Waals surface area contributed by atoms with Crippen molar-refractivity contribution in [3.05, 3.63) is 12.2 Å². The number of aromatic nitrogens is 3. The molecule has 3 N–H and O–H groups in total. The van der Waals surface area contributed by atoms with E-state index in [2.05, 4.69) is 22.3 Å². The highest BCUT2D eigenvalue weighted by Gasteiger charge is 2.17. The molecule has 6 nitrogen and oxygen atoms in total. The molecule has 0 aliphatic rings. The van der Waals surface area contributed by atoms with Crippen LogP contribution in [0.2, 0.25) is 0 Å². The van der Waals surface area contributed by atoms with Crippen LogP contribution in [0.1, 0.15) is 45.5 Å². The first-order valence-electron chi connectivity index (χ1n) is 5.99. The van der Waals surface area contributed by atoms with Crippen LogP contribution in [-0.4, -0.2) is 26.7 Å². The fourth-order valence-electron chi connectivity index (χ4n) is 1.58. The van der Waals surface area contributed by atoms with Crippen molar-refractivity contribution in [2.75, 3.05) is 0 Å². The monoisotopic (exact) mass is 239 g/mol. The number of nitrogens with one attached hydrogen (secondary N) is 1. The predicted molar refractivity (Wildman–Crippen MR) is 65.1 cm³/mol. The molecule has 0 aliphatic carbocycles. The molecule has 2 atom stereocenters. The molecule has 2 unspecified atom stereocenters. The van der Waals surface area contributed by atoms with Crippen LogP contribution >= 0.6 is 0 Å². The number of rotatable bonds is 6. The number of nitrogens with zero attached hydrogens (tertiary/aromatic N) is 3. The van der Waals surface area contributed by atoms with Crippen molar-refractivity contribution in [3.8, 4) is 0 Å². The summed E-state index contributed by atoms with van der Waals surface area (Å²) in [5.74, 6) is 0.505. The van der Waals surface area contributed by atoms with E-state index in [1.807, 2.05) is 6.92 Å². The van der Waals surface area contributed by atoms with Crippen molar-refractivity contribution < 1.29 is 4.79 Å². The fourth-order valence-corrected chi connectivity index (χ4v) is 1.58. The molecule has 1 rings (SSSR count). The van der Waals surface area contributed by atoms with E-state index in [1.165, 1.54) is 11.0 Å². The summed E-state index contributed by atoms with van der Waals surface area (Å²) in [5.41, 5.74) is 5.42. The second-order valence-electron chi connectivity index (χ2n) is 4.22. The van der Waals surface area contributed by atoms with Crippen molar-refractivity contribution in [1.29, 1.82) is 0 Å². The summed E-state index contributed by atoms with van der Waals surface area (Å²) in [6.07, 6.45) is 3.57. The van der Waals surface area contributed by atoms with Crippen molar-refractivity contribution in [2.45, 2.75) is 52.2 Å². The average Bonchev–Trinajstić information content (AvgIpc) is 2.76. The Morgan fingerprint density at radius 3 is 2.82 bits per heavy atom. The van der Waals surface area contributed by atoms with Crippen LogP contribution < -0.4 is 11.1 Å². The van der Waals surface area contributed by atoms with Gasteiger partial charge in [0.05, 0.1) is 6.54 Å². The number of carbonyl (C=O) groups excluding carboxylic acids is 1. The Balaban J connectivity index is 2.56. The van der Waals surface area contributed by atoms with Crippen molar-refractivity contribution >= 4 is 5.91 Å². The number of carbonyl (C=O) groups is 1. The zero-order valence-electron chi connectivity index (χ0n) is 10.7. The molecule has 0 saturated carbocycles. The molecule has 1 amide bonds. The number of nitrogens with two attached hydrogens (primary N) is 1. The van der Waals surface area contributed by atoms with Gasteiger partial charge in [0.1, 0.15) is 12.4 Å². The number of hydrogen-bond acceptors (Lipinski definition) is 4. The van der Waals surface area contributed by atoms with Gasteiger partial charge in [-0.2, -0.15) is 5.10 Å². The van der Waals surface area contributed by atoms with Crippen LogP contribution in [0, 0.1) is 0 Å². The molecule has 1 aromatic rings. The molecule has 0 saturated heterocycles. The van der Waals surface area contributed by atoms with E-state index in [4.69, 9.17) is 5.73 Å². The highest BCUT2D eigenvalue weighted by molar-refractivity contribution is 5.79. The molecular formula is C11H21N5O. The molecule has 96 valence electrons. The van der Waals surface area contributed by atoms with Crippen molar-refractivity contribution in [3.63, 3.8) is 0 Å². The van der Waals surface area contributed by atoms with Gasteiger partial charge in [0.25, 0.3) is 0 Å². The van der Waals surface area contributed by atoms with Crippen LogP contribution in [0.4, 0.5) is 0 Å². The molecule has 0 spiro atoms. The Morgan fingerprint density at radius 1 is 1.59 bits per heavy atom. The lowest BCUT2D eigenvalue weighted by Gasteiger charge is -2.16. The molecule has 0 radical (unpaired) electrons. The molecule has 17 heavy (non-hydrogen) atoms. The van der Waals surface area contributed by atoms with Crippen LogP contribution in [0.5, 0.6) is 0 Å². The molecule has 0 aliphatic heterocycles. The lowest BCUT2D eigenvalue weighted by Crippen LogP contribution is -2.37. The SMILES string of the molecule is CCCC(C)NC(=O)C(C)n1cnc(CN)n1. The topological polar surface area (TPSA) is 85.8 Å². The van der Waals surface area contributed by atoms with E-state index in [0.29, 0.717) is 5.82 Å². The first kappa shape index (κ1) is 13.6. The van der Waals surface area contributed by atoms with Gasteiger partial charge >= 0.3 is 0 Å². The van der Waals surface area contributed by atoms with Gasteiger partial charge in [-0.25, -0.2) is 9.67 Å². The maximum atomic E-state index is 11.9. The fraction of sp³-hybridized carbons (Fsp3) is 0.727. The smallest absolute Gasteiger partial charge is 0.244 e. The first-order chi connectivity index (χ1) is 8.08. The molecule has 6 heteroatoms. The summed E-state index contributed by atoms with van der Waals surface area (Å²) in [6.45, 7) is 6.17. The largest absolute Gasteiger partial charge is 0.352 e. The van der Waals surface area contributed by atoms with E-state index in [-0.39, 0.29) is 24.5 Å². The zero-order valence-corrected chi connectivity index (χ0v) is 10.7. The van der Waals surface area contributed by atoms with E-state index in [0.717, 1.165) is 12.8 Å². The summed E-state index contributed by atoms with van der Waals surface area (Å²) >= 11 is 0. The first-order valence-corrected chi connectivity index (χ1v) is 5.99. The minimum Gasteiger partial charge on any atom is -0.352 e. The third kappa shape index (κ3) is 3.81. The van der Waals surface area contributed by atoms with Gasteiger partial charge in [0.2, 0.25) is 5.91 Å². The average molecular weight is 239 g/mol. The van der Waals surface area contributed by atoms with Gasteiger partial charge in [-0.15, -0.1) is 0 Å². The standard InChI is InChI=1S/C11H21N5O/c1-4-5-8(2)14-11(17)9(3)16-7-13-10(6-12)15-16/h7-9H,4-6,12H2,1-3H3,(H,14,17). The van der Waals surface area contributed by atoms with Gasteiger partial charge in [0.15, 0.2) is 5.82 Å². The summed E-state index contributed by atoms with van der Waals surface area (Å²) < 4.78 is 1.54. The van der Waals surface area contributed by atoms with E-state index in [9.17, 15) is 4.79 Å². The Kier molecular flexibility index (Phi) is 5.09. The zero-order chi connectivity index (χ0) is 12.8. The van der Waals surface area contributed by atoms with Crippen molar-refractivity contribution in [1.82, 2.24) is 20.1 Å². The van der Waals surface area contributed by atoms with Crippen molar-refractivity contribution in [2.24, 2.45) is 5.73 Å². The third-order valence-electron chi connectivity index (χ3n) is 2.63. The molecule has 0 aromatic carbocycles. The predicted octanol–water partition coefficient (Wildman–Crippen LogP) is 0.603. The lowest BCUT2D eigenvalue weighted by molar-refractivity contribution is -0.124. The van der Waals surface area contributed by atoms with Crippen LogP contribution in [-0.2, 0) is 11.3 Å². The van der Waals surface area contributed by atoms with E-state index >= 15 is 0 Å². The summed E-state index contributed by atoms with van der Waals surface area (Å²) in [4.78, 5) is 15.9. The Hall–Kier alpha value is -1.43. The Bertz CT molecular complexity index is 362. The molecule has 1 aromatic heterocycles. The molecule has 1 heterocycles. The quantitative estimate of drug-likeness (QED) is 0.761. The minimum atomic E-state index is -0.359. The van der Waals surface area contributed by atoms with E-state index < -0.39 is 0 Å². The summed E-state index contributed by atoms with van der Waals surface area (Å²) in [6, 6.07) is -0.172. The van der Waals surface area contributed by atoms with Gasteiger partial charge in [0, 0.05) is 6.04 Å².